The summed E-state index contributed by atoms with van der Waals surface area (Å²) in [7, 11) is 1.62. The molecule has 1 heterocycles. The zero-order valence-corrected chi connectivity index (χ0v) is 11.0. The molecule has 0 saturated carbocycles. The highest BCUT2D eigenvalue weighted by molar-refractivity contribution is 6.08. The van der Waals surface area contributed by atoms with Crippen LogP contribution < -0.4 is 4.74 Å². The Morgan fingerprint density at radius 3 is 2.60 bits per heavy atom. The number of benzene rings is 2. The van der Waals surface area contributed by atoms with Crippen LogP contribution in [0, 0.1) is 0 Å². The molecule has 0 amide bonds. The summed E-state index contributed by atoms with van der Waals surface area (Å²) in [5, 5.41) is 0. The Morgan fingerprint density at radius 1 is 1.10 bits per heavy atom. The van der Waals surface area contributed by atoms with Crippen LogP contribution in [0.15, 0.2) is 53.5 Å². The molecule has 4 heteroatoms. The minimum atomic E-state index is -0.340. The Morgan fingerprint density at radius 2 is 1.85 bits per heavy atom. The molecule has 0 aromatic heterocycles. The molecule has 0 radical (unpaired) electrons. The third kappa shape index (κ3) is 2.28. The predicted molar refractivity (Wildman–Crippen MR) is 75.9 cm³/mol. The van der Waals surface area contributed by atoms with Crippen molar-refractivity contribution >= 4 is 17.4 Å². The van der Waals surface area contributed by atoms with Gasteiger partial charge in [-0.2, -0.15) is 0 Å². The minimum Gasteiger partial charge on any atom is -0.497 e. The van der Waals surface area contributed by atoms with E-state index in [-0.39, 0.29) is 12.6 Å². The molecule has 20 heavy (non-hydrogen) atoms. The lowest BCUT2D eigenvalue weighted by Crippen LogP contribution is -2.12. The number of nitrogens with zero attached hydrogens (tertiary/aromatic N) is 1. The maximum absolute atomic E-state index is 11.9. The molecule has 2 aromatic rings. The SMILES string of the molecule is COc1ccc(C2=Nc3ccccc3C(=O)OC2)cc1. The van der Waals surface area contributed by atoms with Crippen LogP contribution in [0.4, 0.5) is 5.69 Å². The molecule has 1 aliphatic heterocycles. The maximum Gasteiger partial charge on any atom is 0.340 e. The summed E-state index contributed by atoms with van der Waals surface area (Å²) < 4.78 is 10.4. The number of ether oxygens (including phenoxy) is 2. The van der Waals surface area contributed by atoms with Gasteiger partial charge in [0.05, 0.1) is 24.1 Å². The Bertz CT molecular complexity index is 674. The number of carbonyl (C=O) groups is 1. The van der Waals surface area contributed by atoms with Gasteiger partial charge in [0.1, 0.15) is 12.4 Å². The smallest absolute Gasteiger partial charge is 0.340 e. The van der Waals surface area contributed by atoms with Crippen molar-refractivity contribution in [3.63, 3.8) is 0 Å². The summed E-state index contributed by atoms with van der Waals surface area (Å²) in [5.41, 5.74) is 2.78. The fourth-order valence-corrected chi connectivity index (χ4v) is 2.06. The maximum atomic E-state index is 11.9. The second-order valence-corrected chi connectivity index (χ2v) is 4.38. The zero-order chi connectivity index (χ0) is 13.9. The number of rotatable bonds is 2. The molecule has 0 atom stereocenters. The highest BCUT2D eigenvalue weighted by atomic mass is 16.5. The average Bonchev–Trinajstić information content (AvgIpc) is 2.67. The van der Waals surface area contributed by atoms with Gasteiger partial charge in [-0.3, -0.25) is 0 Å². The van der Waals surface area contributed by atoms with Crippen molar-refractivity contribution in [2.24, 2.45) is 4.99 Å². The number of cyclic esters (lactones) is 1. The molecular formula is C16H13NO3. The van der Waals surface area contributed by atoms with Crippen molar-refractivity contribution in [3.8, 4) is 5.75 Å². The van der Waals surface area contributed by atoms with Gasteiger partial charge >= 0.3 is 5.97 Å². The molecule has 100 valence electrons. The van der Waals surface area contributed by atoms with E-state index in [1.165, 1.54) is 0 Å². The van der Waals surface area contributed by atoms with Gasteiger partial charge < -0.3 is 9.47 Å². The van der Waals surface area contributed by atoms with Crippen LogP contribution in [0.2, 0.25) is 0 Å². The number of hydrogen-bond acceptors (Lipinski definition) is 4. The van der Waals surface area contributed by atoms with Crippen LogP contribution in [0.1, 0.15) is 15.9 Å². The lowest BCUT2D eigenvalue weighted by molar-refractivity contribution is 0.0568. The van der Waals surface area contributed by atoms with Crippen molar-refractivity contribution < 1.29 is 14.3 Å². The van der Waals surface area contributed by atoms with Crippen molar-refractivity contribution in [3.05, 3.63) is 59.7 Å². The van der Waals surface area contributed by atoms with Gasteiger partial charge in [0.15, 0.2) is 0 Å². The van der Waals surface area contributed by atoms with E-state index in [1.807, 2.05) is 36.4 Å². The third-order valence-electron chi connectivity index (χ3n) is 3.14. The zero-order valence-electron chi connectivity index (χ0n) is 11.0. The fraction of sp³-hybridized carbons (Fsp3) is 0.125. The number of hydrogen-bond donors (Lipinski definition) is 0. The summed E-state index contributed by atoms with van der Waals surface area (Å²) in [5.74, 6) is 0.438. The molecule has 0 saturated heterocycles. The number of fused-ring (bicyclic) bond motifs is 1. The first-order chi connectivity index (χ1) is 9.78. The van der Waals surface area contributed by atoms with Crippen LogP contribution in [0.25, 0.3) is 0 Å². The first-order valence-corrected chi connectivity index (χ1v) is 6.26. The van der Waals surface area contributed by atoms with Crippen molar-refractivity contribution in [1.29, 1.82) is 0 Å². The van der Waals surface area contributed by atoms with Gasteiger partial charge in [-0.25, -0.2) is 9.79 Å². The van der Waals surface area contributed by atoms with Crippen molar-refractivity contribution in [1.82, 2.24) is 0 Å². The highest BCUT2D eigenvalue weighted by Crippen LogP contribution is 2.24. The largest absolute Gasteiger partial charge is 0.497 e. The minimum absolute atomic E-state index is 0.167. The Kier molecular flexibility index (Phi) is 3.21. The summed E-state index contributed by atoms with van der Waals surface area (Å²) in [6, 6.07) is 14.7. The topological polar surface area (TPSA) is 47.9 Å². The summed E-state index contributed by atoms with van der Waals surface area (Å²) >= 11 is 0. The van der Waals surface area contributed by atoms with Gasteiger partial charge in [0.25, 0.3) is 0 Å². The molecule has 0 aliphatic carbocycles. The molecule has 0 unspecified atom stereocenters. The molecule has 3 rings (SSSR count). The fourth-order valence-electron chi connectivity index (χ4n) is 2.06. The first-order valence-electron chi connectivity index (χ1n) is 6.26. The predicted octanol–water partition coefficient (Wildman–Crippen LogP) is 2.99. The van der Waals surface area contributed by atoms with E-state index in [9.17, 15) is 4.79 Å². The van der Waals surface area contributed by atoms with Crippen LogP contribution in [-0.2, 0) is 4.74 Å². The first kappa shape index (κ1) is 12.4. The number of para-hydroxylation sites is 1. The van der Waals surface area contributed by atoms with Crippen LogP contribution in [0.5, 0.6) is 5.75 Å². The number of aliphatic imine (C=N–C) groups is 1. The van der Waals surface area contributed by atoms with E-state index in [0.29, 0.717) is 11.3 Å². The van der Waals surface area contributed by atoms with E-state index in [2.05, 4.69) is 4.99 Å². The normalized spacial score (nSPS) is 13.8. The third-order valence-corrected chi connectivity index (χ3v) is 3.14. The molecule has 1 aliphatic rings. The number of methoxy groups -OCH3 is 1. The quantitative estimate of drug-likeness (QED) is 0.786. The van der Waals surface area contributed by atoms with Gasteiger partial charge in [-0.15, -0.1) is 0 Å². The monoisotopic (exact) mass is 267 g/mol. The van der Waals surface area contributed by atoms with E-state index in [1.54, 1.807) is 19.2 Å². The van der Waals surface area contributed by atoms with Crippen LogP contribution >= 0.6 is 0 Å². The average molecular weight is 267 g/mol. The molecular weight excluding hydrogens is 254 g/mol. The lowest BCUT2D eigenvalue weighted by atomic mass is 10.1. The van der Waals surface area contributed by atoms with E-state index < -0.39 is 0 Å². The van der Waals surface area contributed by atoms with Crippen LogP contribution in [-0.4, -0.2) is 25.4 Å². The summed E-state index contributed by atoms with van der Waals surface area (Å²) in [6.45, 7) is 0.167. The molecule has 0 fully saturated rings. The van der Waals surface area contributed by atoms with Gasteiger partial charge in [-0.05, 0) is 42.0 Å². The van der Waals surface area contributed by atoms with Gasteiger partial charge in [0, 0.05) is 0 Å². The Balaban J connectivity index is 2.02. The number of esters is 1. The van der Waals surface area contributed by atoms with E-state index >= 15 is 0 Å². The van der Waals surface area contributed by atoms with E-state index in [0.717, 1.165) is 17.0 Å². The number of carbonyl (C=O) groups excluding carboxylic acids is 1. The summed E-state index contributed by atoms with van der Waals surface area (Å²) in [4.78, 5) is 16.4. The molecule has 0 spiro atoms. The molecule has 0 N–H and O–H groups in total. The molecule has 2 aromatic carbocycles. The van der Waals surface area contributed by atoms with Crippen molar-refractivity contribution in [2.75, 3.05) is 13.7 Å². The van der Waals surface area contributed by atoms with Crippen LogP contribution in [0.3, 0.4) is 0 Å². The standard InChI is InChI=1S/C16H13NO3/c1-19-12-8-6-11(7-9-12)15-10-20-16(18)13-4-2-3-5-14(13)17-15/h2-9H,10H2,1H3. The van der Waals surface area contributed by atoms with Crippen molar-refractivity contribution in [2.45, 2.75) is 0 Å². The molecule has 4 nitrogen and oxygen atoms in total. The second-order valence-electron chi connectivity index (χ2n) is 4.38. The second kappa shape index (κ2) is 5.17. The van der Waals surface area contributed by atoms with E-state index in [4.69, 9.17) is 9.47 Å². The highest BCUT2D eigenvalue weighted by Gasteiger charge is 2.18. The van der Waals surface area contributed by atoms with Gasteiger partial charge in [0.2, 0.25) is 0 Å². The van der Waals surface area contributed by atoms with Gasteiger partial charge in [-0.1, -0.05) is 12.1 Å². The summed E-state index contributed by atoms with van der Waals surface area (Å²) in [6.07, 6.45) is 0. The molecule has 0 bridgehead atoms. The lowest BCUT2D eigenvalue weighted by Gasteiger charge is -2.05. The Labute approximate surface area is 116 Å². The Hall–Kier alpha value is -2.62.